The van der Waals surface area contributed by atoms with E-state index in [2.05, 4.69) is 5.32 Å². The number of carbonyl (C=O) groups excluding carboxylic acids is 2. The number of hydrogen-bond acceptors (Lipinski definition) is 4. The van der Waals surface area contributed by atoms with Crippen LogP contribution in [-0.4, -0.2) is 40.4 Å². The standard InChI is InChI=1S/C28H28N2O5/c1-4-35-24-8-6-5-7-22(24)26(31)29-21-13-11-18(12-14-21)19-9-10-20-16-30(27(32)23(20)15-19)25(17(2)3)28(33)34/h5-15,17,25H,4,16H2,1-3H3,(H,29,31)(H,33,34)/t25-/m0/s1. The van der Waals surface area contributed by atoms with E-state index in [0.29, 0.717) is 29.2 Å². The minimum atomic E-state index is -0.997. The Hall–Kier alpha value is -4.13. The van der Waals surface area contributed by atoms with Gasteiger partial charge in [-0.25, -0.2) is 4.79 Å². The van der Waals surface area contributed by atoms with Gasteiger partial charge in [0.15, 0.2) is 0 Å². The molecule has 7 nitrogen and oxygen atoms in total. The average molecular weight is 473 g/mol. The van der Waals surface area contributed by atoms with Crippen LogP contribution < -0.4 is 10.1 Å². The number of aliphatic carboxylic acids is 1. The smallest absolute Gasteiger partial charge is 0.326 e. The van der Waals surface area contributed by atoms with Gasteiger partial charge in [0.2, 0.25) is 0 Å². The minimum absolute atomic E-state index is 0.200. The van der Waals surface area contributed by atoms with Crippen molar-refractivity contribution >= 4 is 23.5 Å². The zero-order valence-corrected chi connectivity index (χ0v) is 19.9. The predicted octanol–water partition coefficient (Wildman–Crippen LogP) is 5.07. The molecule has 0 saturated carbocycles. The lowest BCUT2D eigenvalue weighted by atomic mass is 10.00. The summed E-state index contributed by atoms with van der Waals surface area (Å²) in [5.74, 6) is -1.19. The van der Waals surface area contributed by atoms with Crippen molar-refractivity contribution in [2.24, 2.45) is 5.92 Å². The summed E-state index contributed by atoms with van der Waals surface area (Å²) in [6, 6.07) is 19.2. The van der Waals surface area contributed by atoms with Crippen molar-refractivity contribution in [1.82, 2.24) is 4.90 Å². The van der Waals surface area contributed by atoms with E-state index in [-0.39, 0.29) is 24.3 Å². The fourth-order valence-electron chi connectivity index (χ4n) is 4.39. The second-order valence-corrected chi connectivity index (χ2v) is 8.79. The van der Waals surface area contributed by atoms with Crippen molar-refractivity contribution in [3.05, 3.63) is 83.4 Å². The van der Waals surface area contributed by atoms with Gasteiger partial charge in [0.25, 0.3) is 11.8 Å². The molecule has 7 heteroatoms. The molecule has 0 unspecified atom stereocenters. The van der Waals surface area contributed by atoms with Gasteiger partial charge in [-0.15, -0.1) is 0 Å². The van der Waals surface area contributed by atoms with Crippen LogP contribution in [0.25, 0.3) is 11.1 Å². The van der Waals surface area contributed by atoms with Crippen LogP contribution in [0.3, 0.4) is 0 Å². The van der Waals surface area contributed by atoms with E-state index in [9.17, 15) is 19.5 Å². The van der Waals surface area contributed by atoms with Crippen LogP contribution in [0.15, 0.2) is 66.7 Å². The van der Waals surface area contributed by atoms with Crippen LogP contribution in [0.1, 0.15) is 47.1 Å². The third kappa shape index (κ3) is 4.89. The number of carboxylic acid groups (broad SMARTS) is 1. The molecule has 1 atom stereocenters. The van der Waals surface area contributed by atoms with Crippen molar-refractivity contribution in [3.8, 4) is 16.9 Å². The number of nitrogens with one attached hydrogen (secondary N) is 1. The topological polar surface area (TPSA) is 95.9 Å². The Kier molecular flexibility index (Phi) is 6.87. The molecule has 3 aromatic carbocycles. The number of benzene rings is 3. The minimum Gasteiger partial charge on any atom is -0.493 e. The molecule has 3 aromatic rings. The lowest BCUT2D eigenvalue weighted by molar-refractivity contribution is -0.144. The fourth-order valence-corrected chi connectivity index (χ4v) is 4.39. The molecule has 0 aromatic heterocycles. The highest BCUT2D eigenvalue weighted by Gasteiger charge is 2.38. The van der Waals surface area contributed by atoms with E-state index in [1.165, 1.54) is 4.90 Å². The summed E-state index contributed by atoms with van der Waals surface area (Å²) in [5.41, 5.74) is 4.16. The molecule has 2 N–H and O–H groups in total. The summed E-state index contributed by atoms with van der Waals surface area (Å²) in [7, 11) is 0. The summed E-state index contributed by atoms with van der Waals surface area (Å²) in [6.07, 6.45) is 0. The summed E-state index contributed by atoms with van der Waals surface area (Å²) in [4.78, 5) is 38.9. The first-order chi connectivity index (χ1) is 16.8. The van der Waals surface area contributed by atoms with Gasteiger partial charge < -0.3 is 20.1 Å². The van der Waals surface area contributed by atoms with E-state index in [1.54, 1.807) is 44.2 Å². The number of fused-ring (bicyclic) bond motifs is 1. The van der Waals surface area contributed by atoms with Gasteiger partial charge in [-0.2, -0.15) is 0 Å². The maximum Gasteiger partial charge on any atom is 0.326 e. The maximum atomic E-state index is 13.0. The number of rotatable bonds is 8. The molecule has 1 heterocycles. The Balaban J connectivity index is 1.51. The van der Waals surface area contributed by atoms with Crippen molar-refractivity contribution < 1.29 is 24.2 Å². The lowest BCUT2D eigenvalue weighted by Gasteiger charge is -2.27. The SMILES string of the molecule is CCOc1ccccc1C(=O)Nc1ccc(-c2ccc3c(c2)C(=O)N([C@H](C(=O)O)C(C)C)C3)cc1. The molecule has 0 aliphatic carbocycles. The molecular weight excluding hydrogens is 444 g/mol. The first kappa shape index (κ1) is 24.0. The second kappa shape index (κ2) is 10.0. The number of carboxylic acids is 1. The van der Waals surface area contributed by atoms with Crippen molar-refractivity contribution in [3.63, 3.8) is 0 Å². The third-order valence-corrected chi connectivity index (χ3v) is 6.07. The highest BCUT2D eigenvalue weighted by molar-refractivity contribution is 6.06. The molecule has 180 valence electrons. The molecule has 0 saturated heterocycles. The molecule has 4 rings (SSSR count). The van der Waals surface area contributed by atoms with Gasteiger partial charge in [-0.1, -0.05) is 50.2 Å². The van der Waals surface area contributed by atoms with E-state index < -0.39 is 12.0 Å². The van der Waals surface area contributed by atoms with Crippen LogP contribution in [0.5, 0.6) is 5.75 Å². The second-order valence-electron chi connectivity index (χ2n) is 8.79. The number of ether oxygens (including phenoxy) is 1. The van der Waals surface area contributed by atoms with Gasteiger partial charge in [0, 0.05) is 17.8 Å². The van der Waals surface area contributed by atoms with Crippen molar-refractivity contribution in [2.45, 2.75) is 33.4 Å². The Morgan fingerprint density at radius 1 is 1.03 bits per heavy atom. The Morgan fingerprint density at radius 2 is 1.71 bits per heavy atom. The van der Waals surface area contributed by atoms with Crippen LogP contribution >= 0.6 is 0 Å². The number of anilines is 1. The zero-order chi connectivity index (χ0) is 25.1. The largest absolute Gasteiger partial charge is 0.493 e. The first-order valence-corrected chi connectivity index (χ1v) is 11.6. The molecule has 1 aliphatic heterocycles. The summed E-state index contributed by atoms with van der Waals surface area (Å²) in [5, 5.41) is 12.5. The van der Waals surface area contributed by atoms with Gasteiger partial charge in [0.1, 0.15) is 11.8 Å². The maximum absolute atomic E-state index is 13.0. The highest BCUT2D eigenvalue weighted by atomic mass is 16.5. The molecule has 1 aliphatic rings. The Labute approximate surface area is 204 Å². The predicted molar refractivity (Wildman–Crippen MR) is 134 cm³/mol. The van der Waals surface area contributed by atoms with E-state index in [4.69, 9.17) is 4.74 Å². The van der Waals surface area contributed by atoms with E-state index in [0.717, 1.165) is 16.7 Å². The van der Waals surface area contributed by atoms with Crippen LogP contribution in [0.2, 0.25) is 0 Å². The first-order valence-electron chi connectivity index (χ1n) is 11.6. The lowest BCUT2D eigenvalue weighted by Crippen LogP contribution is -2.44. The van der Waals surface area contributed by atoms with Crippen molar-refractivity contribution in [1.29, 1.82) is 0 Å². The number of amides is 2. The number of carbonyl (C=O) groups is 3. The molecule has 0 fully saturated rings. The number of nitrogens with zero attached hydrogens (tertiary/aromatic N) is 1. The molecule has 2 amide bonds. The summed E-state index contributed by atoms with van der Waals surface area (Å²) >= 11 is 0. The normalized spacial score (nSPS) is 13.5. The molecule has 0 bridgehead atoms. The van der Waals surface area contributed by atoms with E-state index in [1.807, 2.05) is 43.3 Å². The molecule has 0 spiro atoms. The average Bonchev–Trinajstić information content (AvgIpc) is 3.15. The van der Waals surface area contributed by atoms with Crippen LogP contribution in [0.4, 0.5) is 5.69 Å². The Bertz CT molecular complexity index is 1270. The molecule has 35 heavy (non-hydrogen) atoms. The third-order valence-electron chi connectivity index (χ3n) is 6.07. The van der Waals surface area contributed by atoms with Crippen LogP contribution in [0, 0.1) is 5.92 Å². The van der Waals surface area contributed by atoms with E-state index >= 15 is 0 Å². The fraction of sp³-hybridized carbons (Fsp3) is 0.250. The summed E-state index contributed by atoms with van der Waals surface area (Å²) in [6.45, 7) is 6.23. The van der Waals surface area contributed by atoms with Gasteiger partial charge >= 0.3 is 5.97 Å². The quantitative estimate of drug-likeness (QED) is 0.477. The molecule has 0 radical (unpaired) electrons. The highest BCUT2D eigenvalue weighted by Crippen LogP contribution is 2.32. The van der Waals surface area contributed by atoms with Crippen LogP contribution in [-0.2, 0) is 11.3 Å². The zero-order valence-electron chi connectivity index (χ0n) is 19.9. The molecular formula is C28H28N2O5. The van der Waals surface area contributed by atoms with Crippen molar-refractivity contribution in [2.75, 3.05) is 11.9 Å². The van der Waals surface area contributed by atoms with Gasteiger partial charge in [0.05, 0.1) is 12.2 Å². The Morgan fingerprint density at radius 3 is 2.37 bits per heavy atom. The summed E-state index contributed by atoms with van der Waals surface area (Å²) < 4.78 is 5.54. The van der Waals surface area contributed by atoms with Gasteiger partial charge in [-0.3, -0.25) is 9.59 Å². The monoisotopic (exact) mass is 472 g/mol. The van der Waals surface area contributed by atoms with Gasteiger partial charge in [-0.05, 0) is 59.9 Å². The number of para-hydroxylation sites is 1. The number of hydrogen-bond donors (Lipinski definition) is 2.